The van der Waals surface area contributed by atoms with Gasteiger partial charge in [0.05, 0.1) is 0 Å². The molecular weight excluding hydrogens is 278 g/mol. The Kier molecular flexibility index (Phi) is 4.21. The van der Waals surface area contributed by atoms with Gasteiger partial charge in [-0.2, -0.15) is 0 Å². The second-order valence-electron chi connectivity index (χ2n) is 6.31. The van der Waals surface area contributed by atoms with E-state index in [0.29, 0.717) is 17.9 Å². The molecule has 21 heavy (non-hydrogen) atoms. The van der Waals surface area contributed by atoms with Gasteiger partial charge < -0.3 is 5.32 Å². The highest BCUT2D eigenvalue weighted by Gasteiger charge is 2.31. The third-order valence-electron chi connectivity index (χ3n) is 4.41. The Bertz CT molecular complexity index is 614. The standard InChI is InChI=1S/C19H22ClN/c1-13(2)14-6-5-7-16(10-14)21-17-11-15(12-17)18-8-3-4-9-19(18)20/h3-10,13,15,17,21H,11-12H2,1-2H3. The quantitative estimate of drug-likeness (QED) is 0.750. The van der Waals surface area contributed by atoms with Crippen LogP contribution in [0.1, 0.15) is 49.7 Å². The number of nitrogens with one attached hydrogen (secondary N) is 1. The molecule has 0 unspecified atom stereocenters. The van der Waals surface area contributed by atoms with Crippen LogP contribution in [0.2, 0.25) is 5.02 Å². The maximum atomic E-state index is 6.27. The van der Waals surface area contributed by atoms with Crippen LogP contribution in [0.15, 0.2) is 48.5 Å². The molecule has 1 nitrogen and oxygen atoms in total. The molecule has 2 aromatic carbocycles. The molecule has 1 aliphatic carbocycles. The second-order valence-corrected chi connectivity index (χ2v) is 6.72. The predicted molar refractivity (Wildman–Crippen MR) is 91.4 cm³/mol. The smallest absolute Gasteiger partial charge is 0.0440 e. The molecule has 0 atom stereocenters. The summed E-state index contributed by atoms with van der Waals surface area (Å²) in [6, 6.07) is 17.6. The summed E-state index contributed by atoms with van der Waals surface area (Å²) in [7, 11) is 0. The van der Waals surface area contributed by atoms with Crippen LogP contribution in [0, 0.1) is 0 Å². The van der Waals surface area contributed by atoms with Gasteiger partial charge in [0.2, 0.25) is 0 Å². The van der Waals surface area contributed by atoms with Crippen molar-refractivity contribution in [2.45, 2.75) is 44.6 Å². The molecule has 0 heterocycles. The zero-order valence-corrected chi connectivity index (χ0v) is 13.4. The van der Waals surface area contributed by atoms with Crippen molar-refractivity contribution in [1.82, 2.24) is 0 Å². The van der Waals surface area contributed by atoms with Crippen molar-refractivity contribution < 1.29 is 0 Å². The van der Waals surface area contributed by atoms with Crippen LogP contribution in [-0.4, -0.2) is 6.04 Å². The van der Waals surface area contributed by atoms with Crippen molar-refractivity contribution in [3.63, 3.8) is 0 Å². The van der Waals surface area contributed by atoms with Gasteiger partial charge in [-0.25, -0.2) is 0 Å². The van der Waals surface area contributed by atoms with E-state index in [4.69, 9.17) is 11.6 Å². The van der Waals surface area contributed by atoms with Gasteiger partial charge in [-0.1, -0.05) is 55.8 Å². The number of hydrogen-bond donors (Lipinski definition) is 1. The SMILES string of the molecule is CC(C)c1cccc(NC2CC(c3ccccc3Cl)C2)c1. The van der Waals surface area contributed by atoms with E-state index in [1.54, 1.807) is 0 Å². The van der Waals surface area contributed by atoms with Crippen LogP contribution in [-0.2, 0) is 0 Å². The molecule has 1 fully saturated rings. The molecule has 1 aliphatic rings. The third kappa shape index (κ3) is 3.24. The first kappa shape index (κ1) is 14.5. The minimum Gasteiger partial charge on any atom is -0.382 e. The minimum absolute atomic E-state index is 0.564. The highest BCUT2D eigenvalue weighted by atomic mass is 35.5. The number of hydrogen-bond acceptors (Lipinski definition) is 1. The number of benzene rings is 2. The molecule has 0 aliphatic heterocycles. The van der Waals surface area contributed by atoms with Crippen molar-refractivity contribution in [2.24, 2.45) is 0 Å². The van der Waals surface area contributed by atoms with E-state index >= 15 is 0 Å². The highest BCUT2D eigenvalue weighted by Crippen LogP contribution is 2.41. The van der Waals surface area contributed by atoms with Crippen molar-refractivity contribution in [2.75, 3.05) is 5.32 Å². The Morgan fingerprint density at radius 1 is 1.05 bits per heavy atom. The molecular formula is C19H22ClN. The summed E-state index contributed by atoms with van der Waals surface area (Å²) >= 11 is 6.27. The molecule has 1 saturated carbocycles. The molecule has 3 rings (SSSR count). The van der Waals surface area contributed by atoms with Crippen molar-refractivity contribution in [3.05, 3.63) is 64.7 Å². The summed E-state index contributed by atoms with van der Waals surface area (Å²) in [4.78, 5) is 0. The molecule has 110 valence electrons. The van der Waals surface area contributed by atoms with E-state index in [9.17, 15) is 0 Å². The Balaban J connectivity index is 1.60. The predicted octanol–water partition coefficient (Wildman–Crippen LogP) is 5.82. The fourth-order valence-electron chi connectivity index (χ4n) is 3.02. The monoisotopic (exact) mass is 299 g/mol. The summed E-state index contributed by atoms with van der Waals surface area (Å²) in [5.41, 5.74) is 3.93. The lowest BCUT2D eigenvalue weighted by atomic mass is 9.75. The summed E-state index contributed by atoms with van der Waals surface area (Å²) in [6.07, 6.45) is 2.32. The van der Waals surface area contributed by atoms with Gasteiger partial charge >= 0.3 is 0 Å². The van der Waals surface area contributed by atoms with Gasteiger partial charge in [0.15, 0.2) is 0 Å². The summed E-state index contributed by atoms with van der Waals surface area (Å²) in [5, 5.41) is 4.56. The molecule has 0 saturated heterocycles. The highest BCUT2D eigenvalue weighted by molar-refractivity contribution is 6.31. The summed E-state index contributed by atoms with van der Waals surface area (Å²) in [5.74, 6) is 1.17. The minimum atomic E-state index is 0.564. The van der Waals surface area contributed by atoms with Crippen LogP contribution >= 0.6 is 11.6 Å². The summed E-state index contributed by atoms with van der Waals surface area (Å²) in [6.45, 7) is 4.46. The number of rotatable bonds is 4. The zero-order chi connectivity index (χ0) is 14.8. The fourth-order valence-corrected chi connectivity index (χ4v) is 3.31. The molecule has 0 bridgehead atoms. The van der Waals surface area contributed by atoms with Gasteiger partial charge in [-0.05, 0) is 54.0 Å². The lowest BCUT2D eigenvalue weighted by molar-refractivity contribution is 0.374. The van der Waals surface area contributed by atoms with Crippen LogP contribution in [0.4, 0.5) is 5.69 Å². The maximum Gasteiger partial charge on any atom is 0.0440 e. The van der Waals surface area contributed by atoms with Crippen LogP contribution in [0.3, 0.4) is 0 Å². The maximum absolute atomic E-state index is 6.27. The molecule has 1 N–H and O–H groups in total. The first-order valence-electron chi connectivity index (χ1n) is 7.74. The first-order valence-corrected chi connectivity index (χ1v) is 8.12. The van der Waals surface area contributed by atoms with Gasteiger partial charge in [0, 0.05) is 16.8 Å². The molecule has 0 spiro atoms. The van der Waals surface area contributed by atoms with Crippen LogP contribution in [0.5, 0.6) is 0 Å². The molecule has 0 radical (unpaired) electrons. The second kappa shape index (κ2) is 6.11. The van der Waals surface area contributed by atoms with Gasteiger partial charge in [0.25, 0.3) is 0 Å². The lowest BCUT2D eigenvalue weighted by Crippen LogP contribution is -2.34. The fraction of sp³-hybridized carbons (Fsp3) is 0.368. The van der Waals surface area contributed by atoms with E-state index in [2.05, 4.69) is 55.6 Å². The van der Waals surface area contributed by atoms with Gasteiger partial charge in [0.1, 0.15) is 0 Å². The van der Waals surface area contributed by atoms with Gasteiger partial charge in [-0.3, -0.25) is 0 Å². The third-order valence-corrected chi connectivity index (χ3v) is 4.75. The van der Waals surface area contributed by atoms with E-state index in [1.807, 2.05) is 12.1 Å². The van der Waals surface area contributed by atoms with Crippen molar-refractivity contribution >= 4 is 17.3 Å². The van der Waals surface area contributed by atoms with E-state index in [1.165, 1.54) is 16.8 Å². The molecule has 2 heteroatoms. The zero-order valence-electron chi connectivity index (χ0n) is 12.6. The Morgan fingerprint density at radius 3 is 2.52 bits per heavy atom. The average Bonchev–Trinajstić information content (AvgIpc) is 2.44. The summed E-state index contributed by atoms with van der Waals surface area (Å²) < 4.78 is 0. The average molecular weight is 300 g/mol. The van der Waals surface area contributed by atoms with Crippen LogP contribution < -0.4 is 5.32 Å². The van der Waals surface area contributed by atoms with E-state index < -0.39 is 0 Å². The van der Waals surface area contributed by atoms with Crippen molar-refractivity contribution in [3.8, 4) is 0 Å². The van der Waals surface area contributed by atoms with E-state index in [0.717, 1.165) is 17.9 Å². The Hall–Kier alpha value is -1.47. The topological polar surface area (TPSA) is 12.0 Å². The van der Waals surface area contributed by atoms with Crippen molar-refractivity contribution in [1.29, 1.82) is 0 Å². The lowest BCUT2D eigenvalue weighted by Gasteiger charge is -2.37. The first-order chi connectivity index (χ1) is 10.1. The van der Waals surface area contributed by atoms with Crippen LogP contribution in [0.25, 0.3) is 0 Å². The Morgan fingerprint density at radius 2 is 1.81 bits per heavy atom. The molecule has 2 aromatic rings. The largest absolute Gasteiger partial charge is 0.382 e. The normalized spacial score (nSPS) is 21.1. The number of halogens is 1. The number of anilines is 1. The molecule has 0 aromatic heterocycles. The van der Waals surface area contributed by atoms with E-state index in [-0.39, 0.29) is 0 Å². The Labute approximate surface area is 132 Å². The van der Waals surface area contributed by atoms with Gasteiger partial charge in [-0.15, -0.1) is 0 Å². The molecule has 0 amide bonds.